The molecule has 1 aromatic carbocycles. The Hall–Kier alpha value is -2.88. The molecule has 5 rings (SSSR count). The summed E-state index contributed by atoms with van der Waals surface area (Å²) in [4.78, 5) is 20.5. The molecule has 0 spiro atoms. The molecule has 3 aliphatic rings. The van der Waals surface area contributed by atoms with Gasteiger partial charge in [-0.1, -0.05) is 0 Å². The van der Waals surface area contributed by atoms with E-state index in [-0.39, 0.29) is 40.7 Å². The Morgan fingerprint density at radius 2 is 2.00 bits per heavy atom. The number of hydrogen-bond donors (Lipinski definition) is 0. The molecule has 3 aliphatic carbocycles. The summed E-state index contributed by atoms with van der Waals surface area (Å²) < 4.78 is 32.5. The van der Waals surface area contributed by atoms with Crippen LogP contribution in [0.3, 0.4) is 0 Å². The van der Waals surface area contributed by atoms with Gasteiger partial charge in [0.15, 0.2) is 5.69 Å². The largest absolute Gasteiger partial charge is 0.476 e. The fourth-order valence-corrected chi connectivity index (χ4v) is 4.37. The van der Waals surface area contributed by atoms with Gasteiger partial charge in [0.05, 0.1) is 19.0 Å². The standard InChI is InChI=1S/C20H17F2N3O2/c21-14-2-3-16(22)13(5-14)1-4-17(26)20-9-19(10-20,11-20)12-27-18-8-24-15(6-23)7-25-18/h2-3,5,7-8H,1,4,9-12H2. The van der Waals surface area contributed by atoms with Crippen LogP contribution in [-0.4, -0.2) is 22.4 Å². The molecule has 138 valence electrons. The number of carbonyl (C=O) groups excluding carboxylic acids is 1. The molecule has 3 fully saturated rings. The average Bonchev–Trinajstić information content (AvgIpc) is 2.60. The number of carbonyl (C=O) groups is 1. The molecule has 3 saturated carbocycles. The van der Waals surface area contributed by atoms with Gasteiger partial charge in [0.1, 0.15) is 23.5 Å². The second-order valence-corrected chi connectivity index (χ2v) is 7.61. The van der Waals surface area contributed by atoms with Crippen molar-refractivity contribution in [2.24, 2.45) is 10.8 Å². The van der Waals surface area contributed by atoms with Crippen LogP contribution >= 0.6 is 0 Å². The third-order valence-electron chi connectivity index (χ3n) is 5.63. The zero-order valence-electron chi connectivity index (χ0n) is 14.5. The third kappa shape index (κ3) is 3.16. The van der Waals surface area contributed by atoms with E-state index >= 15 is 0 Å². The molecule has 27 heavy (non-hydrogen) atoms. The van der Waals surface area contributed by atoms with Crippen molar-refractivity contribution in [3.8, 4) is 11.9 Å². The maximum Gasteiger partial charge on any atom is 0.232 e. The summed E-state index contributed by atoms with van der Waals surface area (Å²) in [6.45, 7) is 0.459. The predicted molar refractivity (Wildman–Crippen MR) is 90.6 cm³/mol. The summed E-state index contributed by atoms with van der Waals surface area (Å²) in [5.74, 6) is -0.492. The number of aryl methyl sites for hydroxylation is 1. The summed E-state index contributed by atoms with van der Waals surface area (Å²) in [6.07, 6.45) is 5.48. The van der Waals surface area contributed by atoms with Crippen LogP contribution in [0.4, 0.5) is 8.78 Å². The molecule has 7 heteroatoms. The lowest BCUT2D eigenvalue weighted by Gasteiger charge is -2.69. The zero-order valence-corrected chi connectivity index (χ0v) is 14.5. The quantitative estimate of drug-likeness (QED) is 0.748. The van der Waals surface area contributed by atoms with Crippen LogP contribution in [0, 0.1) is 33.8 Å². The molecule has 1 aromatic heterocycles. The lowest BCUT2D eigenvalue weighted by molar-refractivity contribution is -0.215. The van der Waals surface area contributed by atoms with E-state index in [0.29, 0.717) is 12.5 Å². The zero-order chi connectivity index (χ0) is 19.1. The average molecular weight is 369 g/mol. The first-order valence-electron chi connectivity index (χ1n) is 8.76. The van der Waals surface area contributed by atoms with Crippen molar-refractivity contribution in [3.05, 3.63) is 53.5 Å². The maximum absolute atomic E-state index is 13.7. The van der Waals surface area contributed by atoms with E-state index < -0.39 is 11.6 Å². The number of nitrogens with zero attached hydrogens (tertiary/aromatic N) is 3. The summed E-state index contributed by atoms with van der Waals surface area (Å²) in [5.41, 5.74) is 0.151. The first-order valence-corrected chi connectivity index (χ1v) is 8.76. The van der Waals surface area contributed by atoms with Crippen molar-refractivity contribution in [2.45, 2.75) is 32.1 Å². The highest BCUT2D eigenvalue weighted by molar-refractivity contribution is 5.88. The highest BCUT2D eigenvalue weighted by Gasteiger charge is 2.70. The maximum atomic E-state index is 13.7. The van der Waals surface area contributed by atoms with Gasteiger partial charge in [0.25, 0.3) is 0 Å². The summed E-state index contributed by atoms with van der Waals surface area (Å²) in [5, 5.41) is 8.70. The van der Waals surface area contributed by atoms with Crippen LogP contribution in [0.1, 0.15) is 36.9 Å². The van der Waals surface area contributed by atoms with Gasteiger partial charge in [0, 0.05) is 17.3 Å². The lowest BCUT2D eigenvalue weighted by Crippen LogP contribution is -2.67. The molecule has 0 aliphatic heterocycles. The Balaban J connectivity index is 1.26. The van der Waals surface area contributed by atoms with E-state index in [0.717, 1.165) is 37.5 Å². The number of benzene rings is 1. The number of aromatic nitrogens is 2. The molecule has 0 saturated heterocycles. The summed E-state index contributed by atoms with van der Waals surface area (Å²) >= 11 is 0. The van der Waals surface area contributed by atoms with Gasteiger partial charge in [0.2, 0.25) is 5.88 Å². The number of rotatable bonds is 7. The lowest BCUT2D eigenvalue weighted by atomic mass is 9.34. The van der Waals surface area contributed by atoms with Gasteiger partial charge in [-0.25, -0.2) is 18.7 Å². The molecule has 0 unspecified atom stereocenters. The fourth-order valence-electron chi connectivity index (χ4n) is 4.37. The van der Waals surface area contributed by atoms with Crippen LogP contribution in [0.2, 0.25) is 0 Å². The minimum absolute atomic E-state index is 0.00462. The molecular formula is C20H17F2N3O2. The van der Waals surface area contributed by atoms with Gasteiger partial charge in [-0.3, -0.25) is 4.79 Å². The SMILES string of the molecule is N#Cc1cnc(OCC23CC(C(=O)CCc4cc(F)ccc4F)(C2)C3)cn1. The normalized spacial score (nSPS) is 25.1. The van der Waals surface area contributed by atoms with Crippen molar-refractivity contribution in [2.75, 3.05) is 6.61 Å². The molecule has 0 radical (unpaired) electrons. The van der Waals surface area contributed by atoms with E-state index in [1.54, 1.807) is 0 Å². The highest BCUT2D eigenvalue weighted by atomic mass is 19.1. The highest BCUT2D eigenvalue weighted by Crippen LogP contribution is 2.73. The molecule has 2 aromatic rings. The number of Topliss-reactive ketones (excluding diaryl/α,β-unsaturated/α-hetero) is 1. The van der Waals surface area contributed by atoms with E-state index in [2.05, 4.69) is 9.97 Å². The third-order valence-corrected chi connectivity index (χ3v) is 5.63. The first-order chi connectivity index (χ1) is 12.9. The van der Waals surface area contributed by atoms with Crippen molar-refractivity contribution in [1.82, 2.24) is 9.97 Å². The fraction of sp³-hybridized carbons (Fsp3) is 0.400. The van der Waals surface area contributed by atoms with E-state index in [1.807, 2.05) is 6.07 Å². The number of ketones is 1. The van der Waals surface area contributed by atoms with E-state index in [4.69, 9.17) is 10.00 Å². The summed E-state index contributed by atoms with van der Waals surface area (Å²) in [6, 6.07) is 5.21. The molecular weight excluding hydrogens is 352 g/mol. The molecule has 1 heterocycles. The first kappa shape index (κ1) is 17.5. The van der Waals surface area contributed by atoms with Crippen LogP contribution in [0.5, 0.6) is 5.88 Å². The van der Waals surface area contributed by atoms with E-state index in [9.17, 15) is 13.6 Å². The smallest absolute Gasteiger partial charge is 0.232 e. The van der Waals surface area contributed by atoms with Gasteiger partial charge in [-0.15, -0.1) is 0 Å². The van der Waals surface area contributed by atoms with Crippen molar-refractivity contribution in [3.63, 3.8) is 0 Å². The van der Waals surface area contributed by atoms with Gasteiger partial charge in [-0.2, -0.15) is 5.26 Å². The number of hydrogen-bond acceptors (Lipinski definition) is 5. The predicted octanol–water partition coefficient (Wildman–Crippen LogP) is 3.38. The van der Waals surface area contributed by atoms with Crippen LogP contribution in [0.15, 0.2) is 30.6 Å². The Kier molecular flexibility index (Phi) is 4.14. The minimum Gasteiger partial charge on any atom is -0.476 e. The second kappa shape index (κ2) is 6.38. The molecule has 0 atom stereocenters. The topological polar surface area (TPSA) is 75.9 Å². The van der Waals surface area contributed by atoms with Crippen LogP contribution in [0.25, 0.3) is 0 Å². The van der Waals surface area contributed by atoms with Gasteiger partial charge >= 0.3 is 0 Å². The molecule has 0 N–H and O–H groups in total. The number of nitriles is 1. The van der Waals surface area contributed by atoms with Crippen molar-refractivity contribution >= 4 is 5.78 Å². The monoisotopic (exact) mass is 369 g/mol. The van der Waals surface area contributed by atoms with E-state index in [1.165, 1.54) is 12.4 Å². The van der Waals surface area contributed by atoms with Crippen LogP contribution < -0.4 is 4.74 Å². The minimum atomic E-state index is -0.494. The second-order valence-electron chi connectivity index (χ2n) is 7.61. The van der Waals surface area contributed by atoms with Crippen LogP contribution in [-0.2, 0) is 11.2 Å². The Labute approximate surface area is 155 Å². The Morgan fingerprint density at radius 3 is 2.67 bits per heavy atom. The summed E-state index contributed by atoms with van der Waals surface area (Å²) in [7, 11) is 0. The number of halogens is 2. The number of ether oxygens (including phenoxy) is 1. The van der Waals surface area contributed by atoms with Crippen molar-refractivity contribution < 1.29 is 18.3 Å². The van der Waals surface area contributed by atoms with Crippen molar-refractivity contribution in [1.29, 1.82) is 5.26 Å². The molecule has 0 amide bonds. The molecule has 2 bridgehead atoms. The Morgan fingerprint density at radius 1 is 1.22 bits per heavy atom. The van der Waals surface area contributed by atoms with Gasteiger partial charge < -0.3 is 4.74 Å². The Bertz CT molecular complexity index is 917. The van der Waals surface area contributed by atoms with Gasteiger partial charge in [-0.05, 0) is 49.4 Å². The molecule has 5 nitrogen and oxygen atoms in total.